The first-order chi connectivity index (χ1) is 9.90. The smallest absolute Gasteiger partial charge is 0.398 e. The fourth-order valence-corrected chi connectivity index (χ4v) is 3.13. The fraction of sp³-hybridized carbons (Fsp3) is 0.625. The molecule has 0 spiro atoms. The van der Waals surface area contributed by atoms with Crippen LogP contribution < -0.4 is 11.1 Å². The highest BCUT2D eigenvalue weighted by atomic mass is 19.4. The number of alkyl halides is 3. The lowest BCUT2D eigenvalue weighted by molar-refractivity contribution is -0.136. The number of nitrogen functional groups attached to an aromatic ring is 1. The van der Waals surface area contributed by atoms with Gasteiger partial charge in [-0.2, -0.15) is 13.2 Å². The van der Waals surface area contributed by atoms with E-state index in [2.05, 4.69) is 12.2 Å². The standard InChI is InChI=1S/C16H23F3N2/c1-2-3-11-4-6-12(7-5-11)21-13-8-9-15(20)14(10-13)16(17,18)19/h8-12,21H,2-7,20H2,1H3. The first kappa shape index (κ1) is 16.0. The third kappa shape index (κ3) is 4.29. The number of halogens is 3. The predicted molar refractivity (Wildman–Crippen MR) is 80.1 cm³/mol. The Morgan fingerprint density at radius 1 is 1.19 bits per heavy atom. The van der Waals surface area contributed by atoms with E-state index in [9.17, 15) is 13.2 Å². The first-order valence-electron chi connectivity index (χ1n) is 7.63. The summed E-state index contributed by atoms with van der Waals surface area (Å²) < 4.78 is 38.5. The summed E-state index contributed by atoms with van der Waals surface area (Å²) in [6.07, 6.45) is 2.43. The van der Waals surface area contributed by atoms with Gasteiger partial charge >= 0.3 is 6.18 Å². The van der Waals surface area contributed by atoms with Crippen LogP contribution in [0.2, 0.25) is 0 Å². The van der Waals surface area contributed by atoms with Crippen molar-refractivity contribution in [3.05, 3.63) is 23.8 Å². The van der Waals surface area contributed by atoms with Crippen molar-refractivity contribution < 1.29 is 13.2 Å². The minimum Gasteiger partial charge on any atom is -0.398 e. The van der Waals surface area contributed by atoms with Crippen molar-refractivity contribution in [2.75, 3.05) is 11.1 Å². The molecular weight excluding hydrogens is 277 g/mol. The highest BCUT2D eigenvalue weighted by Gasteiger charge is 2.33. The minimum absolute atomic E-state index is 0.222. The molecule has 0 radical (unpaired) electrons. The van der Waals surface area contributed by atoms with E-state index in [1.165, 1.54) is 18.9 Å². The molecule has 0 saturated heterocycles. The molecule has 1 aromatic carbocycles. The number of hydrogen-bond acceptors (Lipinski definition) is 2. The van der Waals surface area contributed by atoms with E-state index in [1.54, 1.807) is 6.07 Å². The van der Waals surface area contributed by atoms with Gasteiger partial charge in [0.25, 0.3) is 0 Å². The number of nitrogens with one attached hydrogen (secondary N) is 1. The Morgan fingerprint density at radius 2 is 1.86 bits per heavy atom. The summed E-state index contributed by atoms with van der Waals surface area (Å²) in [6.45, 7) is 2.19. The Morgan fingerprint density at radius 3 is 2.43 bits per heavy atom. The molecule has 0 aromatic heterocycles. The lowest BCUT2D eigenvalue weighted by atomic mass is 9.83. The van der Waals surface area contributed by atoms with Crippen LogP contribution in [0.5, 0.6) is 0 Å². The van der Waals surface area contributed by atoms with Crippen LogP contribution in [0.4, 0.5) is 24.5 Å². The summed E-state index contributed by atoms with van der Waals surface area (Å²) in [7, 11) is 0. The molecule has 2 rings (SSSR count). The number of anilines is 2. The predicted octanol–water partition coefficient (Wildman–Crippen LogP) is 5.06. The molecule has 21 heavy (non-hydrogen) atoms. The van der Waals surface area contributed by atoms with Gasteiger partial charge in [0.2, 0.25) is 0 Å². The van der Waals surface area contributed by atoms with Gasteiger partial charge in [-0.1, -0.05) is 19.8 Å². The maximum atomic E-state index is 12.8. The second-order valence-corrected chi connectivity index (χ2v) is 5.95. The van der Waals surface area contributed by atoms with Gasteiger partial charge in [-0.15, -0.1) is 0 Å². The monoisotopic (exact) mass is 300 g/mol. The van der Waals surface area contributed by atoms with E-state index in [4.69, 9.17) is 5.73 Å². The molecule has 118 valence electrons. The van der Waals surface area contributed by atoms with E-state index in [0.29, 0.717) is 5.69 Å². The van der Waals surface area contributed by atoms with Crippen molar-refractivity contribution in [1.29, 1.82) is 0 Å². The number of rotatable bonds is 4. The van der Waals surface area contributed by atoms with Gasteiger partial charge in [0.1, 0.15) is 0 Å². The van der Waals surface area contributed by atoms with Crippen LogP contribution in [-0.2, 0) is 6.18 Å². The van der Waals surface area contributed by atoms with Crippen molar-refractivity contribution in [1.82, 2.24) is 0 Å². The summed E-state index contributed by atoms with van der Waals surface area (Å²) in [4.78, 5) is 0. The topological polar surface area (TPSA) is 38.0 Å². The molecule has 1 aliphatic rings. The molecule has 1 aliphatic carbocycles. The second-order valence-electron chi connectivity index (χ2n) is 5.95. The Balaban J connectivity index is 1.98. The van der Waals surface area contributed by atoms with Gasteiger partial charge in [0.05, 0.1) is 5.56 Å². The molecule has 0 atom stereocenters. The molecule has 5 heteroatoms. The van der Waals surface area contributed by atoms with Gasteiger partial charge in [-0.3, -0.25) is 0 Å². The fourth-order valence-electron chi connectivity index (χ4n) is 3.13. The van der Waals surface area contributed by atoms with Gasteiger partial charge in [0.15, 0.2) is 0 Å². The quantitative estimate of drug-likeness (QED) is 0.763. The maximum absolute atomic E-state index is 12.8. The third-order valence-corrected chi connectivity index (χ3v) is 4.27. The second kappa shape index (κ2) is 6.58. The maximum Gasteiger partial charge on any atom is 0.418 e. The van der Waals surface area contributed by atoms with Crippen LogP contribution in [0, 0.1) is 5.92 Å². The first-order valence-corrected chi connectivity index (χ1v) is 7.63. The van der Waals surface area contributed by atoms with E-state index < -0.39 is 11.7 Å². The van der Waals surface area contributed by atoms with Crippen LogP contribution >= 0.6 is 0 Å². The van der Waals surface area contributed by atoms with Gasteiger partial charge in [-0.05, 0) is 49.8 Å². The summed E-state index contributed by atoms with van der Waals surface area (Å²) in [6, 6.07) is 4.34. The molecule has 2 nitrogen and oxygen atoms in total. The zero-order chi connectivity index (χ0) is 15.5. The average Bonchev–Trinajstić information content (AvgIpc) is 2.42. The van der Waals surface area contributed by atoms with Crippen molar-refractivity contribution in [3.63, 3.8) is 0 Å². The number of nitrogens with two attached hydrogens (primary N) is 1. The average molecular weight is 300 g/mol. The molecule has 0 heterocycles. The molecule has 3 N–H and O–H groups in total. The lowest BCUT2D eigenvalue weighted by Crippen LogP contribution is -2.26. The minimum atomic E-state index is -4.40. The van der Waals surface area contributed by atoms with Crippen LogP contribution in [0.15, 0.2) is 18.2 Å². The van der Waals surface area contributed by atoms with E-state index in [-0.39, 0.29) is 11.7 Å². The van der Waals surface area contributed by atoms with Gasteiger partial charge in [0, 0.05) is 17.4 Å². The Hall–Kier alpha value is -1.39. The third-order valence-electron chi connectivity index (χ3n) is 4.27. The van der Waals surface area contributed by atoms with Gasteiger partial charge in [-0.25, -0.2) is 0 Å². The van der Waals surface area contributed by atoms with Crippen LogP contribution in [0.3, 0.4) is 0 Å². The normalized spacial score (nSPS) is 23.0. The molecule has 0 unspecified atom stereocenters. The van der Waals surface area contributed by atoms with E-state index in [1.807, 2.05) is 0 Å². The van der Waals surface area contributed by atoms with Crippen LogP contribution in [-0.4, -0.2) is 6.04 Å². The SMILES string of the molecule is CCCC1CCC(Nc2ccc(N)c(C(F)(F)F)c2)CC1. The highest BCUT2D eigenvalue weighted by Crippen LogP contribution is 2.36. The molecular formula is C16H23F3N2. The van der Waals surface area contributed by atoms with Gasteiger partial charge < -0.3 is 11.1 Å². The summed E-state index contributed by atoms with van der Waals surface area (Å²) in [5.41, 5.74) is 4.94. The molecule has 1 fully saturated rings. The van der Waals surface area contributed by atoms with Crippen molar-refractivity contribution in [2.45, 2.75) is 57.7 Å². The van der Waals surface area contributed by atoms with Crippen molar-refractivity contribution in [3.8, 4) is 0 Å². The van der Waals surface area contributed by atoms with Crippen molar-refractivity contribution in [2.24, 2.45) is 5.92 Å². The lowest BCUT2D eigenvalue weighted by Gasteiger charge is -2.30. The van der Waals surface area contributed by atoms with E-state index >= 15 is 0 Å². The number of benzene rings is 1. The number of hydrogen-bond donors (Lipinski definition) is 2. The van der Waals surface area contributed by atoms with E-state index in [0.717, 1.165) is 37.7 Å². The summed E-state index contributed by atoms with van der Waals surface area (Å²) in [5.74, 6) is 0.783. The highest BCUT2D eigenvalue weighted by molar-refractivity contribution is 5.58. The Bertz CT molecular complexity index is 463. The van der Waals surface area contributed by atoms with Crippen LogP contribution in [0.1, 0.15) is 51.0 Å². The Labute approximate surface area is 123 Å². The zero-order valence-electron chi connectivity index (χ0n) is 12.3. The molecule has 0 aliphatic heterocycles. The largest absolute Gasteiger partial charge is 0.418 e. The van der Waals surface area contributed by atoms with Crippen molar-refractivity contribution >= 4 is 11.4 Å². The summed E-state index contributed by atoms with van der Waals surface area (Å²) in [5, 5.41) is 3.23. The van der Waals surface area contributed by atoms with Crippen LogP contribution in [0.25, 0.3) is 0 Å². The zero-order valence-corrected chi connectivity index (χ0v) is 12.3. The molecule has 0 bridgehead atoms. The summed E-state index contributed by atoms with van der Waals surface area (Å²) >= 11 is 0. The Kier molecular flexibility index (Phi) is 5.01. The molecule has 1 aromatic rings. The molecule has 0 amide bonds. The molecule has 1 saturated carbocycles.